The maximum atomic E-state index is 11.3. The maximum Gasteiger partial charge on any atom is 0.248 e. The summed E-state index contributed by atoms with van der Waals surface area (Å²) in [7, 11) is 1.58. The predicted octanol–water partition coefficient (Wildman–Crippen LogP) is 2.52. The number of ether oxygens (including phenoxy) is 1. The summed E-state index contributed by atoms with van der Waals surface area (Å²) in [5.41, 5.74) is 1.77. The predicted molar refractivity (Wildman–Crippen MR) is 61.2 cm³/mol. The molecule has 1 aromatic carbocycles. The van der Waals surface area contributed by atoms with Gasteiger partial charge in [0, 0.05) is 0 Å². The van der Waals surface area contributed by atoms with Crippen molar-refractivity contribution in [2.75, 3.05) is 12.4 Å². The van der Waals surface area contributed by atoms with Crippen LogP contribution in [0.1, 0.15) is 12.5 Å². The molecule has 0 unspecified atom stereocenters. The fourth-order valence-corrected chi connectivity index (χ4v) is 1.25. The topological polar surface area (TPSA) is 38.3 Å². The molecular formula is C12H15NO2. The molecule has 3 nitrogen and oxygen atoms in total. The summed E-state index contributed by atoms with van der Waals surface area (Å²) in [6.45, 7) is 3.76. The lowest BCUT2D eigenvalue weighted by Crippen LogP contribution is -2.08. The number of hydrogen-bond donors (Lipinski definition) is 1. The number of carbonyl (C=O) groups excluding carboxylic acids is 1. The molecule has 80 valence electrons. The standard InChI is InChI=1S/C12H15NO2/c1-4-5-12(14)13-10-8-9(2)6-7-11(10)15-3/h4-8H,1-3H3,(H,13,14). The van der Waals surface area contributed by atoms with Gasteiger partial charge in [-0.15, -0.1) is 0 Å². The third kappa shape index (κ3) is 3.13. The highest BCUT2D eigenvalue weighted by atomic mass is 16.5. The Labute approximate surface area is 89.8 Å². The average Bonchev–Trinajstić information content (AvgIpc) is 2.18. The summed E-state index contributed by atoms with van der Waals surface area (Å²) in [6, 6.07) is 5.64. The number of anilines is 1. The van der Waals surface area contributed by atoms with Crippen LogP contribution in [-0.2, 0) is 4.79 Å². The second kappa shape index (κ2) is 5.20. The first-order valence-electron chi connectivity index (χ1n) is 4.75. The van der Waals surface area contributed by atoms with Crippen molar-refractivity contribution in [3.8, 4) is 5.75 Å². The second-order valence-electron chi connectivity index (χ2n) is 3.19. The summed E-state index contributed by atoms with van der Waals surface area (Å²) in [5, 5.41) is 2.75. The molecule has 0 aliphatic rings. The van der Waals surface area contributed by atoms with Crippen molar-refractivity contribution in [1.29, 1.82) is 0 Å². The van der Waals surface area contributed by atoms with Crippen molar-refractivity contribution in [3.05, 3.63) is 35.9 Å². The van der Waals surface area contributed by atoms with Crippen LogP contribution >= 0.6 is 0 Å². The van der Waals surface area contributed by atoms with Crippen molar-refractivity contribution < 1.29 is 9.53 Å². The van der Waals surface area contributed by atoms with Gasteiger partial charge in [-0.1, -0.05) is 12.1 Å². The molecular weight excluding hydrogens is 190 g/mol. The lowest BCUT2D eigenvalue weighted by Gasteiger charge is -2.09. The minimum atomic E-state index is -0.151. The van der Waals surface area contributed by atoms with Crippen molar-refractivity contribution in [3.63, 3.8) is 0 Å². The molecule has 0 aliphatic carbocycles. The lowest BCUT2D eigenvalue weighted by atomic mass is 10.2. The Morgan fingerprint density at radius 1 is 1.47 bits per heavy atom. The molecule has 0 spiro atoms. The number of benzene rings is 1. The number of allylic oxidation sites excluding steroid dienone is 1. The number of carbonyl (C=O) groups is 1. The minimum absolute atomic E-state index is 0.151. The zero-order valence-electron chi connectivity index (χ0n) is 9.20. The summed E-state index contributed by atoms with van der Waals surface area (Å²) >= 11 is 0. The number of methoxy groups -OCH3 is 1. The van der Waals surface area contributed by atoms with Crippen molar-refractivity contribution in [1.82, 2.24) is 0 Å². The first kappa shape index (κ1) is 11.3. The molecule has 0 atom stereocenters. The van der Waals surface area contributed by atoms with Crippen LogP contribution in [0.15, 0.2) is 30.4 Å². The van der Waals surface area contributed by atoms with E-state index in [4.69, 9.17) is 4.74 Å². The van der Waals surface area contributed by atoms with E-state index in [1.807, 2.05) is 25.1 Å². The summed E-state index contributed by atoms with van der Waals surface area (Å²) in [5.74, 6) is 0.514. The highest BCUT2D eigenvalue weighted by molar-refractivity contribution is 6.00. The molecule has 1 N–H and O–H groups in total. The first-order chi connectivity index (χ1) is 7.17. The third-order valence-electron chi connectivity index (χ3n) is 1.93. The van der Waals surface area contributed by atoms with Crippen LogP contribution in [0.4, 0.5) is 5.69 Å². The van der Waals surface area contributed by atoms with Crippen molar-refractivity contribution >= 4 is 11.6 Å². The van der Waals surface area contributed by atoms with Crippen LogP contribution in [0.5, 0.6) is 5.75 Å². The van der Waals surface area contributed by atoms with E-state index in [1.165, 1.54) is 6.08 Å². The smallest absolute Gasteiger partial charge is 0.248 e. The van der Waals surface area contributed by atoms with Gasteiger partial charge in [-0.25, -0.2) is 0 Å². The molecule has 0 saturated heterocycles. The van der Waals surface area contributed by atoms with Gasteiger partial charge in [0.1, 0.15) is 5.75 Å². The molecule has 1 aromatic rings. The van der Waals surface area contributed by atoms with Gasteiger partial charge in [-0.3, -0.25) is 4.79 Å². The van der Waals surface area contributed by atoms with E-state index in [0.717, 1.165) is 5.56 Å². The Hall–Kier alpha value is -1.77. The largest absolute Gasteiger partial charge is 0.495 e. The summed E-state index contributed by atoms with van der Waals surface area (Å²) in [6.07, 6.45) is 3.17. The van der Waals surface area contributed by atoms with Crippen molar-refractivity contribution in [2.24, 2.45) is 0 Å². The van der Waals surface area contributed by atoms with Gasteiger partial charge in [0.15, 0.2) is 0 Å². The Morgan fingerprint density at radius 2 is 2.20 bits per heavy atom. The quantitative estimate of drug-likeness (QED) is 0.770. The van der Waals surface area contributed by atoms with E-state index in [9.17, 15) is 4.79 Å². The zero-order valence-corrected chi connectivity index (χ0v) is 9.20. The van der Waals surface area contributed by atoms with Gasteiger partial charge < -0.3 is 10.1 Å². The maximum absolute atomic E-state index is 11.3. The first-order valence-corrected chi connectivity index (χ1v) is 4.75. The lowest BCUT2D eigenvalue weighted by molar-refractivity contribution is -0.111. The van der Waals surface area contributed by atoms with Crippen LogP contribution in [-0.4, -0.2) is 13.0 Å². The highest BCUT2D eigenvalue weighted by Gasteiger charge is 2.04. The van der Waals surface area contributed by atoms with Crippen LogP contribution in [0, 0.1) is 6.92 Å². The number of nitrogens with one attached hydrogen (secondary N) is 1. The molecule has 0 heterocycles. The van der Waals surface area contributed by atoms with E-state index in [-0.39, 0.29) is 5.91 Å². The molecule has 0 aromatic heterocycles. The second-order valence-corrected chi connectivity index (χ2v) is 3.19. The summed E-state index contributed by atoms with van der Waals surface area (Å²) in [4.78, 5) is 11.3. The van der Waals surface area contributed by atoms with Gasteiger partial charge in [0.05, 0.1) is 12.8 Å². The monoisotopic (exact) mass is 205 g/mol. The van der Waals surface area contributed by atoms with Crippen LogP contribution in [0.3, 0.4) is 0 Å². The van der Waals surface area contributed by atoms with Crippen molar-refractivity contribution in [2.45, 2.75) is 13.8 Å². The average molecular weight is 205 g/mol. The molecule has 0 fully saturated rings. The molecule has 1 rings (SSSR count). The Balaban J connectivity index is 2.91. The fourth-order valence-electron chi connectivity index (χ4n) is 1.25. The number of amides is 1. The normalized spacial score (nSPS) is 10.3. The molecule has 0 radical (unpaired) electrons. The van der Waals surface area contributed by atoms with Gasteiger partial charge in [-0.2, -0.15) is 0 Å². The van der Waals surface area contributed by atoms with E-state index < -0.39 is 0 Å². The zero-order chi connectivity index (χ0) is 11.3. The van der Waals surface area contributed by atoms with Crippen LogP contribution < -0.4 is 10.1 Å². The Bertz CT molecular complexity index is 383. The minimum Gasteiger partial charge on any atom is -0.495 e. The molecule has 0 bridgehead atoms. The van der Waals surface area contributed by atoms with Gasteiger partial charge in [0.2, 0.25) is 5.91 Å². The molecule has 0 saturated carbocycles. The van der Waals surface area contributed by atoms with E-state index in [0.29, 0.717) is 11.4 Å². The highest BCUT2D eigenvalue weighted by Crippen LogP contribution is 2.24. The van der Waals surface area contributed by atoms with E-state index in [1.54, 1.807) is 20.1 Å². The fraction of sp³-hybridized carbons (Fsp3) is 0.250. The molecule has 0 aliphatic heterocycles. The van der Waals surface area contributed by atoms with Crippen LogP contribution in [0.2, 0.25) is 0 Å². The SMILES string of the molecule is CC=CC(=O)Nc1cc(C)ccc1OC. The number of hydrogen-bond acceptors (Lipinski definition) is 2. The number of rotatable bonds is 3. The van der Waals surface area contributed by atoms with Gasteiger partial charge in [-0.05, 0) is 37.6 Å². The van der Waals surface area contributed by atoms with Gasteiger partial charge in [0.25, 0.3) is 0 Å². The van der Waals surface area contributed by atoms with Gasteiger partial charge >= 0.3 is 0 Å². The molecule has 1 amide bonds. The molecule has 15 heavy (non-hydrogen) atoms. The Kier molecular flexibility index (Phi) is 3.92. The third-order valence-corrected chi connectivity index (χ3v) is 1.93. The summed E-state index contributed by atoms with van der Waals surface area (Å²) < 4.78 is 5.14. The van der Waals surface area contributed by atoms with E-state index in [2.05, 4.69) is 5.32 Å². The number of aryl methyl sites for hydroxylation is 1. The van der Waals surface area contributed by atoms with Crippen LogP contribution in [0.25, 0.3) is 0 Å². The Morgan fingerprint density at radius 3 is 2.80 bits per heavy atom. The molecule has 3 heteroatoms. The van der Waals surface area contributed by atoms with E-state index >= 15 is 0 Å².